The molecular formula is C32H57N7O9. The summed E-state index contributed by atoms with van der Waals surface area (Å²) in [7, 11) is 0. The van der Waals surface area contributed by atoms with Crippen LogP contribution in [0.3, 0.4) is 0 Å². The maximum absolute atomic E-state index is 12.6. The van der Waals surface area contributed by atoms with E-state index < -0.39 is 29.9 Å². The van der Waals surface area contributed by atoms with E-state index in [0.717, 1.165) is 6.42 Å². The van der Waals surface area contributed by atoms with Crippen molar-refractivity contribution in [2.45, 2.75) is 86.9 Å². The Bertz CT molecular complexity index is 1140. The number of nitrogens with one attached hydrogen (secondary N) is 5. The van der Waals surface area contributed by atoms with Gasteiger partial charge in [-0.2, -0.15) is 0 Å². The number of aliphatic carboxylic acids is 1. The van der Waals surface area contributed by atoms with Crippen molar-refractivity contribution in [2.75, 3.05) is 38.1 Å². The number of anilines is 1. The third-order valence-electron chi connectivity index (χ3n) is 5.76. The molecule has 0 aliphatic carbocycles. The number of amides is 5. The molecule has 0 radical (unpaired) electrons. The van der Waals surface area contributed by atoms with Crippen molar-refractivity contribution < 1.29 is 43.3 Å². The minimum Gasteiger partial charge on any atom is -0.490 e. The molecule has 0 heterocycles. The second kappa shape index (κ2) is 26.6. The van der Waals surface area contributed by atoms with E-state index in [0.29, 0.717) is 23.5 Å². The Morgan fingerprint density at radius 1 is 0.917 bits per heavy atom. The van der Waals surface area contributed by atoms with Crippen LogP contribution in [0, 0.1) is 11.8 Å². The van der Waals surface area contributed by atoms with Crippen LogP contribution in [0.5, 0.6) is 5.75 Å². The highest BCUT2D eigenvalue weighted by Gasteiger charge is 2.24. The standard InChI is InChI=1S/C25H41N5O6.C4H10N2O.C3H6O2/c1-15(2)23(30-22(32)12-27-17(5)6)24(33)28-13-21(31)29-19-8-7-18(11-20(19)35-10-9-26)14-36-25(34)16(3)4;1-2-3-6-4(5)7;1-2-3(4)5/h7-8,11,15-17,23,27H,9-10,12-14,26H2,1-6H3,(H,28,33)(H,29,31)(H,30,32);2-3H2,1H3,(H3,5,6,7);2H2,1H3,(H,4,5). The number of hydrogen-bond acceptors (Lipinski definition) is 10. The predicted octanol–water partition coefficient (Wildman–Crippen LogP) is 1.46. The zero-order chi connectivity index (χ0) is 37.2. The van der Waals surface area contributed by atoms with Crippen LogP contribution in [0.2, 0.25) is 0 Å². The lowest BCUT2D eigenvalue weighted by atomic mass is 10.0. The average molecular weight is 684 g/mol. The number of ether oxygens (including phenoxy) is 2. The Hall–Kier alpha value is -4.44. The molecule has 0 aromatic heterocycles. The lowest BCUT2D eigenvalue weighted by Crippen LogP contribution is -2.52. The third-order valence-corrected chi connectivity index (χ3v) is 5.76. The molecule has 16 heteroatoms. The largest absolute Gasteiger partial charge is 0.490 e. The second-order valence-corrected chi connectivity index (χ2v) is 11.4. The van der Waals surface area contributed by atoms with Crippen LogP contribution < -0.4 is 42.8 Å². The van der Waals surface area contributed by atoms with Gasteiger partial charge in [-0.05, 0) is 30.0 Å². The number of urea groups is 1. The molecule has 48 heavy (non-hydrogen) atoms. The Labute approximate surface area is 283 Å². The van der Waals surface area contributed by atoms with Crippen LogP contribution in [0.1, 0.15) is 73.8 Å². The topological polar surface area (TPSA) is 253 Å². The summed E-state index contributed by atoms with van der Waals surface area (Å²) in [4.78, 5) is 68.3. The molecule has 16 nitrogen and oxygen atoms in total. The zero-order valence-corrected chi connectivity index (χ0v) is 29.6. The quantitative estimate of drug-likeness (QED) is 0.103. The molecule has 1 atom stereocenters. The maximum atomic E-state index is 12.6. The molecule has 0 bridgehead atoms. The van der Waals surface area contributed by atoms with E-state index >= 15 is 0 Å². The van der Waals surface area contributed by atoms with Gasteiger partial charge < -0.3 is 52.6 Å². The number of carbonyl (C=O) groups is 6. The van der Waals surface area contributed by atoms with Gasteiger partial charge in [0.1, 0.15) is 25.0 Å². The molecule has 10 N–H and O–H groups in total. The number of nitrogens with two attached hydrogens (primary N) is 2. The lowest BCUT2D eigenvalue weighted by molar-refractivity contribution is -0.148. The van der Waals surface area contributed by atoms with Gasteiger partial charge in [-0.3, -0.25) is 24.0 Å². The summed E-state index contributed by atoms with van der Waals surface area (Å²) in [6.45, 7) is 15.5. The number of primary amides is 1. The number of carbonyl (C=O) groups excluding carboxylic acids is 5. The van der Waals surface area contributed by atoms with Crippen molar-refractivity contribution in [1.29, 1.82) is 0 Å². The Balaban J connectivity index is 0. The van der Waals surface area contributed by atoms with Gasteiger partial charge in [-0.1, -0.05) is 61.5 Å². The fourth-order valence-corrected chi connectivity index (χ4v) is 3.15. The molecule has 1 rings (SSSR count). The number of carboxylic acids is 1. The van der Waals surface area contributed by atoms with E-state index in [9.17, 15) is 28.8 Å². The Morgan fingerprint density at radius 2 is 1.54 bits per heavy atom. The molecular weight excluding hydrogens is 626 g/mol. The first-order chi connectivity index (χ1) is 22.5. The van der Waals surface area contributed by atoms with Crippen molar-refractivity contribution in [1.82, 2.24) is 21.3 Å². The van der Waals surface area contributed by atoms with Gasteiger partial charge in [-0.25, -0.2) is 4.79 Å². The minimum absolute atomic E-state index is 0.0648. The van der Waals surface area contributed by atoms with Crippen molar-refractivity contribution >= 4 is 41.4 Å². The summed E-state index contributed by atoms with van der Waals surface area (Å²) in [5, 5.41) is 21.1. The third kappa shape index (κ3) is 23.8. The summed E-state index contributed by atoms with van der Waals surface area (Å²) in [6.07, 6.45) is 1.16. The molecule has 0 fully saturated rings. The summed E-state index contributed by atoms with van der Waals surface area (Å²) < 4.78 is 10.9. The first-order valence-corrected chi connectivity index (χ1v) is 16.0. The fourth-order valence-electron chi connectivity index (χ4n) is 3.15. The van der Waals surface area contributed by atoms with Gasteiger partial charge in [-0.15, -0.1) is 0 Å². The van der Waals surface area contributed by atoms with Gasteiger partial charge >= 0.3 is 18.0 Å². The van der Waals surface area contributed by atoms with E-state index in [2.05, 4.69) is 26.6 Å². The minimum atomic E-state index is -0.782. The van der Waals surface area contributed by atoms with E-state index in [4.69, 9.17) is 26.0 Å². The Kier molecular flexibility index (Phi) is 25.3. The lowest BCUT2D eigenvalue weighted by Gasteiger charge is -2.22. The predicted molar refractivity (Wildman–Crippen MR) is 183 cm³/mol. The Morgan fingerprint density at radius 3 is 2.00 bits per heavy atom. The van der Waals surface area contributed by atoms with Crippen LogP contribution >= 0.6 is 0 Å². The van der Waals surface area contributed by atoms with Gasteiger partial charge in [0.05, 0.1) is 24.7 Å². The summed E-state index contributed by atoms with van der Waals surface area (Å²) in [5.74, 6) is -2.36. The molecule has 1 aromatic carbocycles. The van der Waals surface area contributed by atoms with Gasteiger partial charge in [0.25, 0.3) is 0 Å². The van der Waals surface area contributed by atoms with E-state index in [-0.39, 0.29) is 69.0 Å². The molecule has 0 saturated carbocycles. The van der Waals surface area contributed by atoms with Crippen molar-refractivity contribution in [3.05, 3.63) is 23.8 Å². The molecule has 274 valence electrons. The van der Waals surface area contributed by atoms with Crippen LogP contribution in [-0.4, -0.2) is 85.7 Å². The smallest absolute Gasteiger partial charge is 0.312 e. The number of esters is 1. The highest BCUT2D eigenvalue weighted by Crippen LogP contribution is 2.26. The summed E-state index contributed by atoms with van der Waals surface area (Å²) >= 11 is 0. The second-order valence-electron chi connectivity index (χ2n) is 11.4. The molecule has 0 aliphatic heterocycles. The number of rotatable bonds is 18. The van der Waals surface area contributed by atoms with Crippen LogP contribution in [0.25, 0.3) is 0 Å². The molecule has 5 amide bonds. The van der Waals surface area contributed by atoms with E-state index in [1.54, 1.807) is 39.0 Å². The monoisotopic (exact) mass is 683 g/mol. The average Bonchev–Trinajstić information content (AvgIpc) is 3.02. The van der Waals surface area contributed by atoms with Crippen molar-refractivity contribution in [2.24, 2.45) is 23.3 Å². The van der Waals surface area contributed by atoms with Crippen molar-refractivity contribution in [3.8, 4) is 5.75 Å². The summed E-state index contributed by atoms with van der Waals surface area (Å²) in [5.41, 5.74) is 11.3. The normalized spacial score (nSPS) is 10.8. The highest BCUT2D eigenvalue weighted by molar-refractivity contribution is 5.97. The number of benzene rings is 1. The first kappa shape index (κ1) is 45.7. The van der Waals surface area contributed by atoms with Gasteiger partial charge in [0, 0.05) is 25.6 Å². The molecule has 0 saturated heterocycles. The van der Waals surface area contributed by atoms with Crippen LogP contribution in [-0.2, 0) is 35.3 Å². The van der Waals surface area contributed by atoms with Crippen molar-refractivity contribution in [3.63, 3.8) is 0 Å². The van der Waals surface area contributed by atoms with Crippen LogP contribution in [0.4, 0.5) is 10.5 Å². The number of hydrogen-bond donors (Lipinski definition) is 8. The van der Waals surface area contributed by atoms with Crippen LogP contribution in [0.15, 0.2) is 18.2 Å². The molecule has 0 spiro atoms. The first-order valence-electron chi connectivity index (χ1n) is 16.0. The fraction of sp³-hybridized carbons (Fsp3) is 0.625. The SMILES string of the molecule is CC(C)NCC(=O)NC(C(=O)NCC(=O)Nc1ccc(COC(=O)C(C)C)cc1OCCN)C(C)C.CCC(=O)O.CCCNC(N)=O. The summed E-state index contributed by atoms with van der Waals surface area (Å²) in [6, 6.07) is 3.90. The highest BCUT2D eigenvalue weighted by atomic mass is 16.5. The molecule has 1 unspecified atom stereocenters. The van der Waals surface area contributed by atoms with E-state index in [1.807, 2.05) is 34.6 Å². The number of carboxylic acid groups (broad SMARTS) is 1. The molecule has 1 aromatic rings. The van der Waals surface area contributed by atoms with E-state index in [1.165, 1.54) is 0 Å². The maximum Gasteiger partial charge on any atom is 0.312 e. The molecule has 0 aliphatic rings. The van der Waals surface area contributed by atoms with Gasteiger partial charge in [0.2, 0.25) is 17.7 Å². The zero-order valence-electron chi connectivity index (χ0n) is 29.6. The van der Waals surface area contributed by atoms with Gasteiger partial charge in [0.15, 0.2) is 0 Å².